The van der Waals surface area contributed by atoms with Gasteiger partial charge in [0, 0.05) is 5.75 Å². The second-order valence-electron chi connectivity index (χ2n) is 4.91. The summed E-state index contributed by atoms with van der Waals surface area (Å²) in [6, 6.07) is 10.0. The maximum Gasteiger partial charge on any atom is 0.196 e. The number of carbonyl (C=O) groups is 1. The summed E-state index contributed by atoms with van der Waals surface area (Å²) in [5.41, 5.74) is 1.01. The molecule has 0 N–H and O–H groups in total. The topological polar surface area (TPSA) is 29.5 Å². The Morgan fingerprint density at radius 1 is 1.32 bits per heavy atom. The van der Waals surface area contributed by atoms with E-state index in [0.717, 1.165) is 17.9 Å². The highest BCUT2D eigenvalue weighted by atomic mass is 32.2. The summed E-state index contributed by atoms with van der Waals surface area (Å²) in [4.78, 5) is 18.1. The second kappa shape index (κ2) is 6.44. The molecular weight excluding hydrogens is 258 g/mol. The van der Waals surface area contributed by atoms with E-state index < -0.39 is 0 Å². The summed E-state index contributed by atoms with van der Waals surface area (Å²) < 4.78 is 0. The van der Waals surface area contributed by atoms with Crippen LogP contribution in [0.5, 0.6) is 0 Å². The predicted molar refractivity (Wildman–Crippen MR) is 80.2 cm³/mol. The van der Waals surface area contributed by atoms with Gasteiger partial charge in [-0.1, -0.05) is 36.9 Å². The third-order valence-electron chi connectivity index (χ3n) is 3.41. The lowest BCUT2D eigenvalue weighted by Crippen LogP contribution is -2.32. The van der Waals surface area contributed by atoms with Gasteiger partial charge in [-0.25, -0.2) is 0 Å². The smallest absolute Gasteiger partial charge is 0.196 e. The molecule has 2 rings (SSSR count). The number of para-hydroxylation sites is 1. The fourth-order valence-electron chi connectivity index (χ4n) is 2.44. The van der Waals surface area contributed by atoms with Gasteiger partial charge in [-0.2, -0.15) is 0 Å². The van der Waals surface area contributed by atoms with Crippen molar-refractivity contribution in [1.82, 2.24) is 0 Å². The van der Waals surface area contributed by atoms with E-state index >= 15 is 0 Å². The van der Waals surface area contributed by atoms with Gasteiger partial charge in [0.05, 0.1) is 23.8 Å². The molecule has 3 atom stereocenters. The number of hydrogen-bond donors (Lipinski definition) is 0. The van der Waals surface area contributed by atoms with E-state index in [9.17, 15) is 4.79 Å². The molecule has 19 heavy (non-hydrogen) atoms. The third kappa shape index (κ3) is 3.12. The first-order chi connectivity index (χ1) is 9.15. The zero-order chi connectivity index (χ0) is 13.8. The molecule has 0 aliphatic carbocycles. The van der Waals surface area contributed by atoms with Crippen molar-refractivity contribution >= 4 is 22.6 Å². The fraction of sp³-hybridized carbons (Fsp3) is 0.533. The van der Waals surface area contributed by atoms with Gasteiger partial charge in [0.15, 0.2) is 5.12 Å². The fourth-order valence-corrected chi connectivity index (χ4v) is 3.42. The first-order valence-electron chi connectivity index (χ1n) is 6.82. The number of nitrogens with zero attached hydrogens (tertiary/aromatic N) is 1. The maximum absolute atomic E-state index is 12.3. The number of carbonyl (C=O) groups excluding carboxylic acids is 1. The number of hydrogen-bond acceptors (Lipinski definition) is 4. The highest BCUT2D eigenvalue weighted by Gasteiger charge is 2.42. The van der Waals surface area contributed by atoms with Crippen LogP contribution in [0, 0.1) is 5.92 Å². The monoisotopic (exact) mass is 279 g/mol. The third-order valence-corrected chi connectivity index (χ3v) is 4.58. The van der Waals surface area contributed by atoms with Crippen LogP contribution in [0.2, 0.25) is 0 Å². The van der Waals surface area contributed by atoms with E-state index in [1.165, 1.54) is 11.8 Å². The van der Waals surface area contributed by atoms with Crippen LogP contribution in [0.1, 0.15) is 27.2 Å². The van der Waals surface area contributed by atoms with Gasteiger partial charge in [-0.3, -0.25) is 14.7 Å². The summed E-state index contributed by atoms with van der Waals surface area (Å²) in [6.45, 7) is 6.13. The molecule has 1 fully saturated rings. The van der Waals surface area contributed by atoms with Crippen LogP contribution >= 0.6 is 11.8 Å². The maximum atomic E-state index is 12.3. The summed E-state index contributed by atoms with van der Waals surface area (Å²) in [6.07, 6.45) is 0.960. The first kappa shape index (κ1) is 14.4. The van der Waals surface area contributed by atoms with Crippen molar-refractivity contribution in [2.75, 3.05) is 10.8 Å². The second-order valence-corrected chi connectivity index (χ2v) is 6.01. The molecule has 0 radical (unpaired) electrons. The SMILES string of the molecule is CCCSC(=O)[C@H]1[C@H](C)ON(c2ccccc2)[C@@H]1C. The predicted octanol–water partition coefficient (Wildman–Crippen LogP) is 3.50. The van der Waals surface area contributed by atoms with Crippen molar-refractivity contribution in [2.45, 2.75) is 39.3 Å². The average Bonchev–Trinajstić information content (AvgIpc) is 2.72. The molecule has 1 aliphatic heterocycles. The molecule has 1 aromatic rings. The Bertz CT molecular complexity index is 423. The minimum absolute atomic E-state index is 0.0586. The minimum Gasteiger partial charge on any atom is -0.287 e. The molecule has 1 heterocycles. The Balaban J connectivity index is 2.10. The molecule has 0 spiro atoms. The van der Waals surface area contributed by atoms with Crippen LogP contribution in [0.4, 0.5) is 5.69 Å². The van der Waals surface area contributed by atoms with Gasteiger partial charge in [0.1, 0.15) is 0 Å². The number of anilines is 1. The number of benzene rings is 1. The van der Waals surface area contributed by atoms with Gasteiger partial charge in [-0.15, -0.1) is 0 Å². The summed E-state index contributed by atoms with van der Waals surface area (Å²) >= 11 is 1.43. The van der Waals surface area contributed by atoms with Crippen molar-refractivity contribution in [1.29, 1.82) is 0 Å². The average molecular weight is 279 g/mol. The standard InChI is InChI=1S/C15H21NO2S/c1-4-10-19-15(17)14-11(2)16(18-12(14)3)13-8-6-5-7-9-13/h5-9,11-12,14H,4,10H2,1-3H3/t11-,12+,14-/m1/s1. The van der Waals surface area contributed by atoms with E-state index in [1.807, 2.05) is 42.3 Å². The van der Waals surface area contributed by atoms with Gasteiger partial charge in [0.25, 0.3) is 0 Å². The summed E-state index contributed by atoms with van der Waals surface area (Å²) in [7, 11) is 0. The van der Waals surface area contributed by atoms with E-state index in [4.69, 9.17) is 4.84 Å². The molecule has 0 unspecified atom stereocenters. The van der Waals surface area contributed by atoms with Crippen LogP contribution in [0.15, 0.2) is 30.3 Å². The highest BCUT2D eigenvalue weighted by molar-refractivity contribution is 8.13. The van der Waals surface area contributed by atoms with Crippen molar-refractivity contribution in [3.8, 4) is 0 Å². The molecule has 0 aromatic heterocycles. The molecule has 0 amide bonds. The molecule has 3 nitrogen and oxygen atoms in total. The largest absolute Gasteiger partial charge is 0.287 e. The summed E-state index contributed by atoms with van der Waals surface area (Å²) in [5, 5.41) is 2.13. The number of thioether (sulfide) groups is 1. The zero-order valence-corrected chi connectivity index (χ0v) is 12.5. The van der Waals surface area contributed by atoms with E-state index in [-0.39, 0.29) is 23.2 Å². The zero-order valence-electron chi connectivity index (χ0n) is 11.7. The molecule has 1 aromatic carbocycles. The lowest BCUT2D eigenvalue weighted by atomic mass is 9.98. The molecule has 1 aliphatic rings. The molecule has 0 saturated carbocycles. The van der Waals surface area contributed by atoms with Crippen LogP contribution in [0.25, 0.3) is 0 Å². The lowest BCUT2D eigenvalue weighted by molar-refractivity contribution is -0.115. The molecule has 0 bridgehead atoms. The van der Waals surface area contributed by atoms with Crippen molar-refractivity contribution < 1.29 is 9.63 Å². The van der Waals surface area contributed by atoms with Crippen LogP contribution in [-0.4, -0.2) is 23.0 Å². The van der Waals surface area contributed by atoms with E-state index in [2.05, 4.69) is 13.8 Å². The van der Waals surface area contributed by atoms with Gasteiger partial charge in [-0.05, 0) is 32.4 Å². The molecule has 4 heteroatoms. The van der Waals surface area contributed by atoms with Gasteiger partial charge >= 0.3 is 0 Å². The van der Waals surface area contributed by atoms with Gasteiger partial charge < -0.3 is 0 Å². The Morgan fingerprint density at radius 3 is 2.63 bits per heavy atom. The highest BCUT2D eigenvalue weighted by Crippen LogP contribution is 2.34. The normalized spacial score (nSPS) is 26.7. The quantitative estimate of drug-likeness (QED) is 0.843. The molecule has 1 saturated heterocycles. The van der Waals surface area contributed by atoms with Crippen molar-refractivity contribution in [2.24, 2.45) is 5.92 Å². The first-order valence-corrected chi connectivity index (χ1v) is 7.81. The Morgan fingerprint density at radius 2 is 2.00 bits per heavy atom. The van der Waals surface area contributed by atoms with Crippen molar-refractivity contribution in [3.63, 3.8) is 0 Å². The van der Waals surface area contributed by atoms with Crippen LogP contribution < -0.4 is 5.06 Å². The Kier molecular flexibility index (Phi) is 4.88. The Labute approximate surface area is 119 Å². The van der Waals surface area contributed by atoms with Gasteiger partial charge in [0.2, 0.25) is 0 Å². The lowest BCUT2D eigenvalue weighted by Gasteiger charge is -2.23. The van der Waals surface area contributed by atoms with Crippen molar-refractivity contribution in [3.05, 3.63) is 30.3 Å². The number of hydroxylamine groups is 1. The minimum atomic E-state index is -0.0629. The molecular formula is C15H21NO2S. The van der Waals surface area contributed by atoms with E-state index in [1.54, 1.807) is 0 Å². The summed E-state index contributed by atoms with van der Waals surface area (Å²) in [5.74, 6) is 0.830. The van der Waals surface area contributed by atoms with Crippen LogP contribution in [0.3, 0.4) is 0 Å². The molecule has 104 valence electrons. The van der Waals surface area contributed by atoms with E-state index in [0.29, 0.717) is 0 Å². The van der Waals surface area contributed by atoms with Crippen LogP contribution in [-0.2, 0) is 9.63 Å². The Hall–Kier alpha value is -1.00. The number of rotatable bonds is 4.